The Morgan fingerprint density at radius 1 is 0.500 bits per heavy atom. The topological polar surface area (TPSA) is 36.9 Å². The second-order valence-corrected chi connectivity index (χ2v) is 6.88. The van der Waals surface area contributed by atoms with Crippen molar-refractivity contribution in [3.05, 3.63) is 48.5 Å². The van der Waals surface area contributed by atoms with Crippen LogP contribution in [0, 0.1) is 0 Å². The molecule has 2 aliphatic rings. The van der Waals surface area contributed by atoms with Gasteiger partial charge >= 0.3 is 14.2 Å². The average Bonchev–Trinajstić information content (AvgIpc) is 3.39. The molecule has 0 unspecified atom stereocenters. The predicted octanol–water partition coefficient (Wildman–Crippen LogP) is 2.07. The van der Waals surface area contributed by atoms with Gasteiger partial charge in [-0.25, -0.2) is 0 Å². The van der Waals surface area contributed by atoms with Gasteiger partial charge in [0.05, 0.1) is 26.4 Å². The summed E-state index contributed by atoms with van der Waals surface area (Å²) < 4.78 is 23.1. The molecule has 0 aliphatic carbocycles. The first-order valence-electron chi connectivity index (χ1n) is 9.07. The first-order valence-corrected chi connectivity index (χ1v) is 9.07. The summed E-state index contributed by atoms with van der Waals surface area (Å²) in [5.41, 5.74) is 2.20. The lowest BCUT2D eigenvalue weighted by Gasteiger charge is -2.17. The maximum atomic E-state index is 5.77. The van der Waals surface area contributed by atoms with Gasteiger partial charge in [-0.15, -0.1) is 0 Å². The molecule has 0 radical (unpaired) electrons. The van der Waals surface area contributed by atoms with Crippen LogP contribution in [0.3, 0.4) is 0 Å². The largest absolute Gasteiger partial charge is 0.494 e. The van der Waals surface area contributed by atoms with E-state index in [-0.39, 0.29) is 14.2 Å². The van der Waals surface area contributed by atoms with Crippen molar-refractivity contribution in [3.63, 3.8) is 0 Å². The third-order valence-corrected chi connectivity index (χ3v) is 5.48. The normalized spacial score (nSPS) is 18.2. The van der Waals surface area contributed by atoms with Gasteiger partial charge in [0.15, 0.2) is 0 Å². The summed E-state index contributed by atoms with van der Waals surface area (Å²) in [5.74, 6) is 0. The quantitative estimate of drug-likeness (QED) is 0.413. The Morgan fingerprint density at radius 3 is 1.31 bits per heavy atom. The van der Waals surface area contributed by atoms with Gasteiger partial charge in [-0.05, 0) is 43.2 Å². The van der Waals surface area contributed by atoms with Crippen molar-refractivity contribution in [2.24, 2.45) is 0 Å². The highest BCUT2D eigenvalue weighted by molar-refractivity contribution is 6.67. The number of rotatable bonds is 2. The van der Waals surface area contributed by atoms with E-state index in [9.17, 15) is 0 Å². The lowest BCUT2D eigenvalue weighted by molar-refractivity contribution is 0.365. The minimum atomic E-state index is -0.277. The molecule has 2 aliphatic heterocycles. The highest BCUT2D eigenvalue weighted by atomic mass is 16.6. The Balaban J connectivity index is 1.69. The fraction of sp³-hybridized carbons (Fsp3) is 0.200. The molecular weight excluding hydrogens is 326 g/mol. The summed E-state index contributed by atoms with van der Waals surface area (Å²) >= 11 is 0. The standard InChI is InChI=1S/C20H16B2O4/c1-5-15-17(21-23-9-10-24-21)8-4-14-2-6-16-18(22-25-11-12-26-22)7-3-13(1)19(16)20(14)15/h1-8H,9-12H2. The molecule has 126 valence electrons. The summed E-state index contributed by atoms with van der Waals surface area (Å²) in [4.78, 5) is 0. The van der Waals surface area contributed by atoms with E-state index in [1.165, 1.54) is 32.3 Å². The lowest BCUT2D eigenvalue weighted by Crippen LogP contribution is -2.33. The van der Waals surface area contributed by atoms with Gasteiger partial charge in [-0.1, -0.05) is 48.5 Å². The first-order chi connectivity index (χ1) is 12.9. The van der Waals surface area contributed by atoms with Crippen molar-refractivity contribution < 1.29 is 18.6 Å². The van der Waals surface area contributed by atoms with Gasteiger partial charge in [0.25, 0.3) is 0 Å². The Morgan fingerprint density at radius 2 is 0.885 bits per heavy atom. The molecule has 0 atom stereocenters. The van der Waals surface area contributed by atoms with Crippen molar-refractivity contribution in [1.29, 1.82) is 0 Å². The first kappa shape index (κ1) is 15.0. The van der Waals surface area contributed by atoms with E-state index in [0.29, 0.717) is 26.4 Å². The van der Waals surface area contributed by atoms with Crippen molar-refractivity contribution in [3.8, 4) is 0 Å². The van der Waals surface area contributed by atoms with Crippen LogP contribution in [-0.2, 0) is 18.6 Å². The van der Waals surface area contributed by atoms with Gasteiger partial charge in [0, 0.05) is 0 Å². The molecule has 2 fully saturated rings. The number of hydrogen-bond acceptors (Lipinski definition) is 4. The molecule has 0 N–H and O–H groups in total. The van der Waals surface area contributed by atoms with Gasteiger partial charge in [0.1, 0.15) is 0 Å². The van der Waals surface area contributed by atoms with Gasteiger partial charge in [-0.2, -0.15) is 0 Å². The molecule has 26 heavy (non-hydrogen) atoms. The van der Waals surface area contributed by atoms with E-state index in [2.05, 4.69) is 48.5 Å². The van der Waals surface area contributed by atoms with Crippen molar-refractivity contribution in [2.75, 3.05) is 26.4 Å². The zero-order chi connectivity index (χ0) is 17.1. The Kier molecular flexibility index (Phi) is 3.28. The minimum absolute atomic E-state index is 0.277. The number of hydrogen-bond donors (Lipinski definition) is 0. The molecule has 2 heterocycles. The monoisotopic (exact) mass is 342 g/mol. The van der Waals surface area contributed by atoms with Crippen LogP contribution in [0.1, 0.15) is 0 Å². The average molecular weight is 342 g/mol. The summed E-state index contributed by atoms with van der Waals surface area (Å²) in [5, 5.41) is 7.36. The minimum Gasteiger partial charge on any atom is -0.405 e. The molecule has 0 spiro atoms. The third kappa shape index (κ3) is 2.07. The van der Waals surface area contributed by atoms with Crippen molar-refractivity contribution >= 4 is 57.5 Å². The van der Waals surface area contributed by atoms with Gasteiger partial charge in [0.2, 0.25) is 0 Å². The zero-order valence-electron chi connectivity index (χ0n) is 14.2. The highest BCUT2D eigenvalue weighted by Crippen LogP contribution is 2.33. The summed E-state index contributed by atoms with van der Waals surface area (Å²) in [7, 11) is -0.555. The molecule has 0 saturated carbocycles. The van der Waals surface area contributed by atoms with Crippen LogP contribution in [0.4, 0.5) is 0 Å². The SMILES string of the molecule is c1cc2ccc3c(B4OCCO4)ccc4ccc(c1B1OCCO1)c2c43. The Bertz CT molecular complexity index is 1030. The summed E-state index contributed by atoms with van der Waals surface area (Å²) in [6, 6.07) is 17.3. The fourth-order valence-corrected chi connectivity index (χ4v) is 4.33. The van der Waals surface area contributed by atoms with Crippen LogP contribution >= 0.6 is 0 Å². The molecule has 6 rings (SSSR count). The molecule has 0 amide bonds. The second kappa shape index (κ2) is 5.69. The van der Waals surface area contributed by atoms with Crippen molar-refractivity contribution in [1.82, 2.24) is 0 Å². The van der Waals surface area contributed by atoms with E-state index in [0.717, 1.165) is 10.9 Å². The van der Waals surface area contributed by atoms with E-state index in [1.54, 1.807) is 0 Å². The fourth-order valence-electron chi connectivity index (χ4n) is 4.33. The maximum Gasteiger partial charge on any atom is 0.494 e. The molecular formula is C20H16B2O4. The molecule has 0 bridgehead atoms. The maximum absolute atomic E-state index is 5.77. The summed E-state index contributed by atoms with van der Waals surface area (Å²) in [6.07, 6.45) is 0. The van der Waals surface area contributed by atoms with Crippen molar-refractivity contribution in [2.45, 2.75) is 0 Å². The number of benzene rings is 4. The van der Waals surface area contributed by atoms with Gasteiger partial charge in [-0.3, -0.25) is 0 Å². The van der Waals surface area contributed by atoms with E-state index in [1.807, 2.05) is 0 Å². The smallest absolute Gasteiger partial charge is 0.405 e. The molecule has 6 heteroatoms. The highest BCUT2D eigenvalue weighted by Gasteiger charge is 2.31. The van der Waals surface area contributed by atoms with E-state index >= 15 is 0 Å². The molecule has 4 nitrogen and oxygen atoms in total. The lowest BCUT2D eigenvalue weighted by atomic mass is 9.72. The van der Waals surface area contributed by atoms with Crippen LogP contribution in [0.25, 0.3) is 32.3 Å². The summed E-state index contributed by atoms with van der Waals surface area (Å²) in [6.45, 7) is 2.58. The van der Waals surface area contributed by atoms with Gasteiger partial charge < -0.3 is 18.6 Å². The molecule has 2 saturated heterocycles. The molecule has 0 aromatic heterocycles. The predicted molar refractivity (Wildman–Crippen MR) is 105 cm³/mol. The van der Waals surface area contributed by atoms with Crippen LogP contribution in [0.2, 0.25) is 0 Å². The van der Waals surface area contributed by atoms with Crippen LogP contribution in [0.15, 0.2) is 48.5 Å². The molecule has 4 aromatic rings. The van der Waals surface area contributed by atoms with Crippen LogP contribution < -0.4 is 10.9 Å². The third-order valence-electron chi connectivity index (χ3n) is 5.48. The van der Waals surface area contributed by atoms with Crippen LogP contribution in [-0.4, -0.2) is 40.7 Å². The Hall–Kier alpha value is -2.11. The Labute approximate surface area is 151 Å². The zero-order valence-corrected chi connectivity index (χ0v) is 14.2. The van der Waals surface area contributed by atoms with E-state index < -0.39 is 0 Å². The van der Waals surface area contributed by atoms with E-state index in [4.69, 9.17) is 18.6 Å². The van der Waals surface area contributed by atoms with Crippen LogP contribution in [0.5, 0.6) is 0 Å². The molecule has 4 aromatic carbocycles. The second-order valence-electron chi connectivity index (χ2n) is 6.88.